The molecule has 0 aliphatic carbocycles. The Balaban J connectivity index is 1.75. The Hall–Kier alpha value is -2.19. The molecule has 1 aliphatic rings. The number of nitrogens with zero attached hydrogens (tertiary/aromatic N) is 4. The molecule has 1 atom stereocenters. The highest BCUT2D eigenvalue weighted by atomic mass is 35.5. The molecule has 0 saturated carbocycles. The molecular formula is C15H18ClN5O3. The van der Waals surface area contributed by atoms with Crippen molar-refractivity contribution in [2.75, 3.05) is 25.1 Å². The lowest BCUT2D eigenvalue weighted by Crippen LogP contribution is -2.45. The molecule has 0 radical (unpaired) electrons. The fraction of sp³-hybridized carbons (Fsp3) is 0.467. The summed E-state index contributed by atoms with van der Waals surface area (Å²) >= 11 is 5.80. The second kappa shape index (κ2) is 7.14. The molecule has 1 N–H and O–H groups in total. The summed E-state index contributed by atoms with van der Waals surface area (Å²) in [6, 6.07) is 2.57. The lowest BCUT2D eigenvalue weighted by atomic mass is 10.2. The molecule has 1 aliphatic heterocycles. The van der Waals surface area contributed by atoms with Crippen LogP contribution in [0.15, 0.2) is 22.7 Å². The van der Waals surface area contributed by atoms with Gasteiger partial charge in [-0.15, -0.1) is 10.2 Å². The van der Waals surface area contributed by atoms with Crippen LogP contribution in [0.25, 0.3) is 0 Å². The zero-order chi connectivity index (χ0) is 17.1. The Bertz CT molecular complexity index is 703. The summed E-state index contributed by atoms with van der Waals surface area (Å²) < 4.78 is 11.1. The molecule has 0 aromatic carbocycles. The number of carbonyl (C=O) groups is 1. The number of carbonyl (C=O) groups excluding carboxylic acids is 1. The molecule has 3 heterocycles. The van der Waals surface area contributed by atoms with Gasteiger partial charge in [-0.25, -0.2) is 9.78 Å². The highest BCUT2D eigenvalue weighted by molar-refractivity contribution is 6.30. The van der Waals surface area contributed by atoms with Crippen LogP contribution in [-0.2, 0) is 4.74 Å². The van der Waals surface area contributed by atoms with E-state index in [-0.39, 0.29) is 11.9 Å². The standard InChI is InChI=1S/C15H18ClN5O3/c1-9(2)13-19-20-14(24-13)11-8-23-6-5-21(11)15(22)18-12-4-3-10(16)7-17-12/h3-4,7,9,11H,5-6,8H2,1-2H3,(H,17,18,22)/t11-/m0/s1. The number of aromatic nitrogens is 3. The number of morpholine rings is 1. The fourth-order valence-corrected chi connectivity index (χ4v) is 2.41. The fourth-order valence-electron chi connectivity index (χ4n) is 2.30. The minimum absolute atomic E-state index is 0.122. The molecule has 0 unspecified atom stereocenters. The van der Waals surface area contributed by atoms with Crippen molar-refractivity contribution in [1.82, 2.24) is 20.1 Å². The molecule has 2 amide bonds. The van der Waals surface area contributed by atoms with Crippen molar-refractivity contribution in [1.29, 1.82) is 0 Å². The maximum atomic E-state index is 12.6. The van der Waals surface area contributed by atoms with Gasteiger partial charge in [-0.1, -0.05) is 25.4 Å². The first-order valence-corrected chi connectivity index (χ1v) is 8.02. The molecule has 1 fully saturated rings. The van der Waals surface area contributed by atoms with E-state index in [4.69, 9.17) is 20.8 Å². The van der Waals surface area contributed by atoms with E-state index in [1.54, 1.807) is 17.0 Å². The number of hydrogen-bond donors (Lipinski definition) is 1. The first kappa shape index (κ1) is 16.7. The van der Waals surface area contributed by atoms with Crippen molar-refractivity contribution in [2.24, 2.45) is 0 Å². The van der Waals surface area contributed by atoms with Gasteiger partial charge in [0.05, 0.1) is 18.2 Å². The van der Waals surface area contributed by atoms with Gasteiger partial charge in [0.2, 0.25) is 11.8 Å². The second-order valence-electron chi connectivity index (χ2n) is 5.71. The van der Waals surface area contributed by atoms with Gasteiger partial charge in [0, 0.05) is 18.7 Å². The molecule has 2 aromatic rings. The van der Waals surface area contributed by atoms with E-state index in [1.165, 1.54) is 6.20 Å². The van der Waals surface area contributed by atoms with Gasteiger partial charge in [-0.3, -0.25) is 5.32 Å². The van der Waals surface area contributed by atoms with E-state index in [0.29, 0.717) is 42.4 Å². The van der Waals surface area contributed by atoms with Gasteiger partial charge in [0.1, 0.15) is 11.9 Å². The van der Waals surface area contributed by atoms with Crippen molar-refractivity contribution in [3.63, 3.8) is 0 Å². The van der Waals surface area contributed by atoms with Crippen LogP contribution in [0.2, 0.25) is 5.02 Å². The predicted octanol–water partition coefficient (Wildman–Crippen LogP) is 2.85. The number of amides is 2. The van der Waals surface area contributed by atoms with E-state index < -0.39 is 6.04 Å². The molecule has 128 valence electrons. The molecule has 1 saturated heterocycles. The molecular weight excluding hydrogens is 334 g/mol. The van der Waals surface area contributed by atoms with Crippen molar-refractivity contribution in [3.8, 4) is 0 Å². The molecule has 24 heavy (non-hydrogen) atoms. The number of nitrogens with one attached hydrogen (secondary N) is 1. The molecule has 0 spiro atoms. The van der Waals surface area contributed by atoms with Crippen molar-refractivity contribution in [3.05, 3.63) is 35.1 Å². The number of ether oxygens (including phenoxy) is 1. The summed E-state index contributed by atoms with van der Waals surface area (Å²) in [7, 11) is 0. The Morgan fingerprint density at radius 2 is 2.25 bits per heavy atom. The number of pyridine rings is 1. The van der Waals surface area contributed by atoms with E-state index in [9.17, 15) is 4.79 Å². The Morgan fingerprint density at radius 1 is 1.42 bits per heavy atom. The first-order chi connectivity index (χ1) is 11.5. The number of urea groups is 1. The molecule has 9 heteroatoms. The minimum Gasteiger partial charge on any atom is -0.423 e. The topological polar surface area (TPSA) is 93.4 Å². The normalized spacial score (nSPS) is 18.0. The predicted molar refractivity (Wildman–Crippen MR) is 86.9 cm³/mol. The SMILES string of the molecule is CC(C)c1nnc([C@@H]2COCCN2C(=O)Nc2ccc(Cl)cn2)o1. The summed E-state index contributed by atoms with van der Waals surface area (Å²) in [5, 5.41) is 11.3. The van der Waals surface area contributed by atoms with Crippen LogP contribution in [-0.4, -0.2) is 45.9 Å². The maximum absolute atomic E-state index is 12.6. The average Bonchev–Trinajstić information content (AvgIpc) is 3.07. The summed E-state index contributed by atoms with van der Waals surface area (Å²) in [6.07, 6.45) is 1.47. The van der Waals surface area contributed by atoms with Gasteiger partial charge in [-0.2, -0.15) is 0 Å². The highest BCUT2D eigenvalue weighted by Crippen LogP contribution is 2.25. The Labute approximate surface area is 144 Å². The monoisotopic (exact) mass is 351 g/mol. The van der Waals surface area contributed by atoms with Gasteiger partial charge < -0.3 is 14.1 Å². The maximum Gasteiger partial charge on any atom is 0.323 e. The van der Waals surface area contributed by atoms with Gasteiger partial charge >= 0.3 is 6.03 Å². The third-order valence-corrected chi connectivity index (χ3v) is 3.81. The molecule has 8 nitrogen and oxygen atoms in total. The Morgan fingerprint density at radius 3 is 2.92 bits per heavy atom. The molecule has 2 aromatic heterocycles. The summed E-state index contributed by atoms with van der Waals surface area (Å²) in [6.45, 7) is 5.10. The van der Waals surface area contributed by atoms with Crippen molar-refractivity contribution < 1.29 is 13.9 Å². The highest BCUT2D eigenvalue weighted by Gasteiger charge is 2.33. The average molecular weight is 352 g/mol. The van der Waals surface area contributed by atoms with Gasteiger partial charge in [0.25, 0.3) is 0 Å². The molecule has 3 rings (SSSR count). The van der Waals surface area contributed by atoms with Gasteiger partial charge in [-0.05, 0) is 12.1 Å². The van der Waals surface area contributed by atoms with Crippen molar-refractivity contribution in [2.45, 2.75) is 25.8 Å². The lowest BCUT2D eigenvalue weighted by molar-refractivity contribution is 0.00492. The van der Waals surface area contributed by atoms with Crippen LogP contribution in [0.4, 0.5) is 10.6 Å². The largest absolute Gasteiger partial charge is 0.423 e. The zero-order valence-electron chi connectivity index (χ0n) is 13.4. The smallest absolute Gasteiger partial charge is 0.323 e. The number of rotatable bonds is 3. The summed E-state index contributed by atoms with van der Waals surface area (Å²) in [4.78, 5) is 18.2. The number of hydrogen-bond acceptors (Lipinski definition) is 6. The van der Waals surface area contributed by atoms with E-state index in [0.717, 1.165) is 0 Å². The van der Waals surface area contributed by atoms with Crippen LogP contribution in [0, 0.1) is 0 Å². The van der Waals surface area contributed by atoms with Gasteiger partial charge in [0.15, 0.2) is 0 Å². The van der Waals surface area contributed by atoms with Crippen molar-refractivity contribution >= 4 is 23.4 Å². The van der Waals surface area contributed by atoms with Crippen LogP contribution in [0.1, 0.15) is 37.6 Å². The number of anilines is 1. The van der Waals surface area contributed by atoms with Crippen LogP contribution in [0.5, 0.6) is 0 Å². The third-order valence-electron chi connectivity index (χ3n) is 3.59. The second-order valence-corrected chi connectivity index (χ2v) is 6.15. The number of halogens is 1. The van der Waals surface area contributed by atoms with E-state index in [2.05, 4.69) is 20.5 Å². The van der Waals surface area contributed by atoms with Crippen LogP contribution >= 0.6 is 11.6 Å². The lowest BCUT2D eigenvalue weighted by Gasteiger charge is -2.33. The van der Waals surface area contributed by atoms with Crippen LogP contribution in [0.3, 0.4) is 0 Å². The summed E-state index contributed by atoms with van der Waals surface area (Å²) in [5.41, 5.74) is 0. The molecule has 0 bridgehead atoms. The minimum atomic E-state index is -0.425. The quantitative estimate of drug-likeness (QED) is 0.913. The zero-order valence-corrected chi connectivity index (χ0v) is 14.2. The van der Waals surface area contributed by atoms with E-state index >= 15 is 0 Å². The Kier molecular flexibility index (Phi) is 4.96. The first-order valence-electron chi connectivity index (χ1n) is 7.65. The van der Waals surface area contributed by atoms with Crippen LogP contribution < -0.4 is 5.32 Å². The van der Waals surface area contributed by atoms with E-state index in [1.807, 2.05) is 13.8 Å². The third kappa shape index (κ3) is 3.65. The summed E-state index contributed by atoms with van der Waals surface area (Å²) in [5.74, 6) is 1.45.